The van der Waals surface area contributed by atoms with Gasteiger partial charge in [0.15, 0.2) is 0 Å². The van der Waals surface area contributed by atoms with Crippen LogP contribution in [0, 0.1) is 5.92 Å². The predicted octanol–water partition coefficient (Wildman–Crippen LogP) is 3.79. The molecule has 0 aliphatic carbocycles. The molecule has 2 saturated heterocycles. The number of nitrogens with zero attached hydrogens (tertiary/aromatic N) is 3. The van der Waals surface area contributed by atoms with E-state index in [-0.39, 0.29) is 0 Å². The number of amides is 1. The van der Waals surface area contributed by atoms with Crippen molar-refractivity contribution in [3.63, 3.8) is 0 Å². The van der Waals surface area contributed by atoms with Gasteiger partial charge in [0.2, 0.25) is 5.91 Å². The van der Waals surface area contributed by atoms with Gasteiger partial charge in [0.1, 0.15) is 0 Å². The number of piperidine rings is 1. The van der Waals surface area contributed by atoms with E-state index < -0.39 is 0 Å². The zero-order chi connectivity index (χ0) is 19.8. The Kier molecular flexibility index (Phi) is 8.11. The fourth-order valence-corrected chi connectivity index (χ4v) is 4.35. The first kappa shape index (κ1) is 21.1. The van der Waals surface area contributed by atoms with Crippen LogP contribution < -0.4 is 0 Å². The van der Waals surface area contributed by atoms with Crippen LogP contribution >= 0.6 is 0 Å². The normalized spacial score (nSPS) is 21.5. The maximum Gasteiger partial charge on any atom is 0.222 e. The fourth-order valence-electron chi connectivity index (χ4n) is 4.35. The van der Waals surface area contributed by atoms with Crippen molar-refractivity contribution in [2.75, 3.05) is 45.8 Å². The molecule has 4 heteroatoms. The summed E-state index contributed by atoms with van der Waals surface area (Å²) in [5.74, 6) is 1.04. The second kappa shape index (κ2) is 10.8. The summed E-state index contributed by atoms with van der Waals surface area (Å²) in [4.78, 5) is 19.8. The highest BCUT2D eigenvalue weighted by atomic mass is 16.2. The Bertz CT molecular complexity index is 631. The number of hydrogen-bond acceptors (Lipinski definition) is 3. The smallest absolute Gasteiger partial charge is 0.222 e. The van der Waals surface area contributed by atoms with Crippen LogP contribution in [0.25, 0.3) is 0 Å². The van der Waals surface area contributed by atoms with Gasteiger partial charge in [-0.3, -0.25) is 14.6 Å². The first-order chi connectivity index (χ1) is 13.6. The summed E-state index contributed by atoms with van der Waals surface area (Å²) in [5.41, 5.74) is 2.75. The number of hydrogen-bond donors (Lipinski definition) is 0. The highest BCUT2D eigenvalue weighted by Gasteiger charge is 2.24. The molecule has 0 radical (unpaired) electrons. The van der Waals surface area contributed by atoms with Crippen LogP contribution in [0.15, 0.2) is 42.0 Å². The van der Waals surface area contributed by atoms with E-state index >= 15 is 0 Å². The van der Waals surface area contributed by atoms with Crippen molar-refractivity contribution < 1.29 is 4.79 Å². The van der Waals surface area contributed by atoms with Crippen LogP contribution in [0.3, 0.4) is 0 Å². The fraction of sp³-hybridized carbons (Fsp3) is 0.625. The summed E-state index contributed by atoms with van der Waals surface area (Å²) >= 11 is 0. The molecule has 0 aromatic heterocycles. The molecular weight excluding hydrogens is 346 g/mol. The SMILES string of the molecule is CC(C)=CCN1CCCC(CCC(=O)N2CCN(Cc3ccccc3)CC2)C1. The zero-order valence-electron chi connectivity index (χ0n) is 17.8. The molecule has 1 amide bonds. The number of carbonyl (C=O) groups is 1. The Balaban J connectivity index is 1.36. The van der Waals surface area contributed by atoms with Crippen LogP contribution in [0.2, 0.25) is 0 Å². The molecule has 154 valence electrons. The van der Waals surface area contributed by atoms with Crippen LogP contribution in [0.1, 0.15) is 45.1 Å². The summed E-state index contributed by atoms with van der Waals surface area (Å²) in [6, 6.07) is 10.6. The monoisotopic (exact) mass is 383 g/mol. The summed E-state index contributed by atoms with van der Waals surface area (Å²) in [7, 11) is 0. The van der Waals surface area contributed by atoms with E-state index in [0.717, 1.165) is 58.7 Å². The van der Waals surface area contributed by atoms with Gasteiger partial charge in [-0.15, -0.1) is 0 Å². The predicted molar refractivity (Wildman–Crippen MR) is 116 cm³/mol. The van der Waals surface area contributed by atoms with Crippen molar-refractivity contribution >= 4 is 5.91 Å². The van der Waals surface area contributed by atoms with Gasteiger partial charge < -0.3 is 4.90 Å². The van der Waals surface area contributed by atoms with Crippen molar-refractivity contribution in [2.45, 2.75) is 46.1 Å². The largest absolute Gasteiger partial charge is 0.340 e. The topological polar surface area (TPSA) is 26.8 Å². The third kappa shape index (κ3) is 6.75. The van der Waals surface area contributed by atoms with Gasteiger partial charge in [0.25, 0.3) is 0 Å². The Hall–Kier alpha value is -1.65. The Morgan fingerprint density at radius 3 is 2.50 bits per heavy atom. The summed E-state index contributed by atoms with van der Waals surface area (Å²) in [6.07, 6.45) is 6.65. The number of piperazine rings is 1. The molecular formula is C24H37N3O. The van der Waals surface area contributed by atoms with Crippen LogP contribution in [0.4, 0.5) is 0 Å². The van der Waals surface area contributed by atoms with Crippen molar-refractivity contribution in [3.05, 3.63) is 47.5 Å². The average molecular weight is 384 g/mol. The number of rotatable bonds is 7. The Morgan fingerprint density at radius 2 is 1.79 bits per heavy atom. The molecule has 1 atom stereocenters. The minimum atomic E-state index is 0.362. The molecule has 28 heavy (non-hydrogen) atoms. The molecule has 4 nitrogen and oxygen atoms in total. The minimum Gasteiger partial charge on any atom is -0.340 e. The van der Waals surface area contributed by atoms with Crippen molar-refractivity contribution in [1.29, 1.82) is 0 Å². The second-order valence-corrected chi connectivity index (χ2v) is 8.73. The van der Waals surface area contributed by atoms with E-state index in [4.69, 9.17) is 0 Å². The lowest BCUT2D eigenvalue weighted by Crippen LogP contribution is -2.48. The number of benzene rings is 1. The van der Waals surface area contributed by atoms with Gasteiger partial charge in [-0.2, -0.15) is 0 Å². The van der Waals surface area contributed by atoms with Crippen molar-refractivity contribution in [3.8, 4) is 0 Å². The molecule has 2 heterocycles. The standard InChI is InChI=1S/C24H37N3O/c1-21(2)12-14-25-13-6-9-23(20-25)10-11-24(28)27-17-15-26(16-18-27)19-22-7-4-3-5-8-22/h3-5,7-8,12,23H,6,9-11,13-20H2,1-2H3. The molecule has 1 aromatic carbocycles. The van der Waals surface area contributed by atoms with Gasteiger partial charge in [-0.1, -0.05) is 42.0 Å². The molecule has 0 saturated carbocycles. The molecule has 1 aromatic rings. The molecule has 0 spiro atoms. The van der Waals surface area contributed by atoms with Crippen molar-refractivity contribution in [1.82, 2.24) is 14.7 Å². The van der Waals surface area contributed by atoms with E-state index in [2.05, 4.69) is 65.0 Å². The van der Waals surface area contributed by atoms with Crippen LogP contribution in [-0.4, -0.2) is 66.4 Å². The second-order valence-electron chi connectivity index (χ2n) is 8.73. The lowest BCUT2D eigenvalue weighted by molar-refractivity contribution is -0.133. The van der Waals surface area contributed by atoms with E-state index in [1.165, 1.54) is 30.5 Å². The highest BCUT2D eigenvalue weighted by Crippen LogP contribution is 2.22. The number of likely N-dealkylation sites (tertiary alicyclic amines) is 1. The van der Waals surface area contributed by atoms with Gasteiger partial charge >= 0.3 is 0 Å². The quantitative estimate of drug-likeness (QED) is 0.670. The average Bonchev–Trinajstić information content (AvgIpc) is 2.72. The van der Waals surface area contributed by atoms with E-state index in [1.54, 1.807) is 0 Å². The summed E-state index contributed by atoms with van der Waals surface area (Å²) < 4.78 is 0. The molecule has 0 N–H and O–H groups in total. The number of allylic oxidation sites excluding steroid dienone is 1. The lowest BCUT2D eigenvalue weighted by atomic mass is 9.93. The maximum atomic E-state index is 12.7. The summed E-state index contributed by atoms with van der Waals surface area (Å²) in [6.45, 7) is 12.5. The van der Waals surface area contributed by atoms with Crippen molar-refractivity contribution in [2.24, 2.45) is 5.92 Å². The highest BCUT2D eigenvalue weighted by molar-refractivity contribution is 5.76. The van der Waals surface area contributed by atoms with Gasteiger partial charge in [0.05, 0.1) is 0 Å². The Labute approximate surface area is 171 Å². The third-order valence-electron chi connectivity index (χ3n) is 6.10. The van der Waals surface area contributed by atoms with Gasteiger partial charge in [-0.05, 0) is 51.1 Å². The first-order valence-corrected chi connectivity index (χ1v) is 11.0. The first-order valence-electron chi connectivity index (χ1n) is 11.0. The van der Waals surface area contributed by atoms with E-state index in [9.17, 15) is 4.79 Å². The van der Waals surface area contributed by atoms with Gasteiger partial charge in [0, 0.05) is 52.2 Å². The maximum absolute atomic E-state index is 12.7. The lowest BCUT2D eigenvalue weighted by Gasteiger charge is -2.36. The molecule has 2 fully saturated rings. The molecule has 2 aliphatic heterocycles. The minimum absolute atomic E-state index is 0.362. The van der Waals surface area contributed by atoms with E-state index in [0.29, 0.717) is 11.8 Å². The van der Waals surface area contributed by atoms with Crippen LogP contribution in [-0.2, 0) is 11.3 Å². The molecule has 2 aliphatic rings. The van der Waals surface area contributed by atoms with Crippen LogP contribution in [0.5, 0.6) is 0 Å². The molecule has 0 bridgehead atoms. The molecule has 3 rings (SSSR count). The molecule has 1 unspecified atom stereocenters. The third-order valence-corrected chi connectivity index (χ3v) is 6.10. The zero-order valence-corrected chi connectivity index (χ0v) is 17.8. The Morgan fingerprint density at radius 1 is 1.04 bits per heavy atom. The van der Waals surface area contributed by atoms with Gasteiger partial charge in [-0.25, -0.2) is 0 Å². The summed E-state index contributed by atoms with van der Waals surface area (Å²) in [5, 5.41) is 0. The number of carbonyl (C=O) groups excluding carboxylic acids is 1. The van der Waals surface area contributed by atoms with E-state index in [1.807, 2.05) is 0 Å².